The molecule has 2 aromatic rings. The minimum Gasteiger partial charge on any atom is -0.497 e. The molecule has 0 unspecified atom stereocenters. The predicted molar refractivity (Wildman–Crippen MR) is 113 cm³/mol. The molecule has 0 bridgehead atoms. The predicted octanol–water partition coefficient (Wildman–Crippen LogP) is 4.78. The van der Waals surface area contributed by atoms with Gasteiger partial charge in [0.2, 0.25) is 0 Å². The summed E-state index contributed by atoms with van der Waals surface area (Å²) in [5.41, 5.74) is 2.98. The van der Waals surface area contributed by atoms with Gasteiger partial charge in [-0.2, -0.15) is 0 Å². The van der Waals surface area contributed by atoms with Crippen molar-refractivity contribution in [3.05, 3.63) is 58.0 Å². The number of thiocarbonyl (C=S) groups is 1. The van der Waals surface area contributed by atoms with Crippen molar-refractivity contribution in [1.82, 2.24) is 0 Å². The molecule has 2 aromatic carbocycles. The molecule has 26 heavy (non-hydrogen) atoms. The Morgan fingerprint density at radius 2 is 1.81 bits per heavy atom. The van der Waals surface area contributed by atoms with Crippen LogP contribution in [0.3, 0.4) is 0 Å². The maximum Gasteiger partial charge on any atom is 0.273 e. The number of hydrogen-bond acceptors (Lipinski definition) is 6. The molecule has 2 aliphatic rings. The molecule has 0 aromatic heterocycles. The molecule has 1 fully saturated rings. The first-order valence-corrected chi connectivity index (χ1v) is 10.0. The van der Waals surface area contributed by atoms with Gasteiger partial charge in [-0.1, -0.05) is 53.4 Å². The third-order valence-electron chi connectivity index (χ3n) is 4.29. The number of nitrogens with zero attached hydrogens (tertiary/aromatic N) is 2. The maximum absolute atomic E-state index is 13.1. The van der Waals surface area contributed by atoms with E-state index < -0.39 is 0 Å². The van der Waals surface area contributed by atoms with Crippen LogP contribution in [-0.4, -0.2) is 24.4 Å². The topological polar surface area (TPSA) is 32.8 Å². The molecule has 0 saturated carbocycles. The van der Waals surface area contributed by atoms with E-state index in [1.165, 1.54) is 11.8 Å². The van der Waals surface area contributed by atoms with Crippen LogP contribution in [0.15, 0.2) is 57.3 Å². The van der Waals surface area contributed by atoms with Crippen LogP contribution in [0.1, 0.15) is 5.56 Å². The molecule has 4 nitrogen and oxygen atoms in total. The minimum atomic E-state index is -0.0713. The second-order valence-corrected chi connectivity index (χ2v) is 8.65. The van der Waals surface area contributed by atoms with Gasteiger partial charge < -0.3 is 9.64 Å². The van der Waals surface area contributed by atoms with Gasteiger partial charge in [0.25, 0.3) is 5.91 Å². The summed E-state index contributed by atoms with van der Waals surface area (Å²) in [6.07, 6.45) is 0. The fourth-order valence-electron chi connectivity index (χ4n) is 2.87. The third kappa shape index (κ3) is 2.80. The number of methoxy groups -OCH3 is 1. The lowest BCUT2D eigenvalue weighted by molar-refractivity contribution is -0.113. The van der Waals surface area contributed by atoms with E-state index in [2.05, 4.69) is 0 Å². The van der Waals surface area contributed by atoms with Gasteiger partial charge in [-0.3, -0.25) is 9.69 Å². The number of carbonyl (C=O) groups excluding carboxylic acids is 1. The van der Waals surface area contributed by atoms with Crippen LogP contribution in [0.5, 0.6) is 5.75 Å². The van der Waals surface area contributed by atoms with Crippen molar-refractivity contribution in [1.29, 1.82) is 0 Å². The number of aryl methyl sites for hydroxylation is 1. The smallest absolute Gasteiger partial charge is 0.273 e. The van der Waals surface area contributed by atoms with E-state index in [1.54, 1.807) is 23.8 Å². The number of benzene rings is 2. The number of rotatable bonds is 2. The highest BCUT2D eigenvalue weighted by Crippen LogP contribution is 2.51. The Morgan fingerprint density at radius 3 is 2.50 bits per heavy atom. The molecule has 0 spiro atoms. The molecule has 0 aliphatic carbocycles. The lowest BCUT2D eigenvalue weighted by atomic mass is 10.2. The van der Waals surface area contributed by atoms with E-state index in [0.29, 0.717) is 9.23 Å². The van der Waals surface area contributed by atoms with Crippen LogP contribution in [-0.2, 0) is 4.79 Å². The van der Waals surface area contributed by atoms with Gasteiger partial charge in [-0.25, -0.2) is 0 Å². The number of carbonyl (C=O) groups is 1. The van der Waals surface area contributed by atoms with Crippen molar-refractivity contribution >= 4 is 57.3 Å². The van der Waals surface area contributed by atoms with Crippen molar-refractivity contribution in [2.45, 2.75) is 11.8 Å². The first kappa shape index (κ1) is 17.5. The monoisotopic (exact) mass is 400 g/mol. The van der Waals surface area contributed by atoms with Gasteiger partial charge in [0.15, 0.2) is 4.32 Å². The van der Waals surface area contributed by atoms with Crippen molar-refractivity contribution in [3.8, 4) is 5.75 Å². The van der Waals surface area contributed by atoms with E-state index in [9.17, 15) is 4.79 Å². The summed E-state index contributed by atoms with van der Waals surface area (Å²) in [6.45, 7) is 2.02. The van der Waals surface area contributed by atoms with Gasteiger partial charge >= 0.3 is 0 Å². The summed E-state index contributed by atoms with van der Waals surface area (Å²) < 4.78 is 5.88. The highest BCUT2D eigenvalue weighted by atomic mass is 32.2. The number of thioether (sulfide) groups is 2. The van der Waals surface area contributed by atoms with Crippen LogP contribution in [0.2, 0.25) is 0 Å². The molecule has 1 amide bonds. The Morgan fingerprint density at radius 1 is 1.08 bits per heavy atom. The van der Waals surface area contributed by atoms with Gasteiger partial charge in [-0.15, -0.1) is 0 Å². The molecule has 2 heterocycles. The number of amides is 1. The van der Waals surface area contributed by atoms with E-state index >= 15 is 0 Å². The summed E-state index contributed by atoms with van der Waals surface area (Å²) in [6, 6.07) is 13.8. The number of hydrogen-bond donors (Lipinski definition) is 0. The summed E-state index contributed by atoms with van der Waals surface area (Å²) in [5.74, 6) is 0.725. The van der Waals surface area contributed by atoms with Crippen molar-refractivity contribution in [3.63, 3.8) is 0 Å². The quantitative estimate of drug-likeness (QED) is 0.533. The molecule has 132 valence electrons. The Kier molecular flexibility index (Phi) is 4.46. The molecular weight excluding hydrogens is 384 g/mol. The van der Waals surface area contributed by atoms with Crippen LogP contribution >= 0.6 is 35.7 Å². The number of ether oxygens (including phenoxy) is 1. The average molecular weight is 401 g/mol. The Bertz CT molecular complexity index is 954. The zero-order valence-electron chi connectivity index (χ0n) is 14.5. The maximum atomic E-state index is 13.1. The van der Waals surface area contributed by atoms with Gasteiger partial charge in [-0.05, 0) is 31.2 Å². The molecule has 2 aliphatic heterocycles. The summed E-state index contributed by atoms with van der Waals surface area (Å²) in [5, 5.41) is 0.903. The Labute approximate surface area is 166 Å². The third-order valence-corrected chi connectivity index (χ3v) is 7.02. The van der Waals surface area contributed by atoms with E-state index in [1.807, 2.05) is 61.3 Å². The lowest BCUT2D eigenvalue weighted by Crippen LogP contribution is -2.28. The van der Waals surface area contributed by atoms with Gasteiger partial charge in [0.05, 0.1) is 23.5 Å². The van der Waals surface area contributed by atoms with Crippen molar-refractivity contribution in [2.75, 3.05) is 24.0 Å². The standard InChI is InChI=1S/C19H16N2O2S3/c1-11-4-6-12(7-5-11)21-17(22)16(26-19(21)24)18-20(2)14-10-13(23-3)8-9-15(14)25-18/h4-10H,1-3H3/b18-16-. The zero-order valence-corrected chi connectivity index (χ0v) is 16.9. The molecule has 4 rings (SSSR count). The lowest BCUT2D eigenvalue weighted by Gasteiger charge is -2.16. The number of fused-ring (bicyclic) bond motifs is 1. The summed E-state index contributed by atoms with van der Waals surface area (Å²) in [7, 11) is 3.61. The van der Waals surface area contributed by atoms with E-state index in [0.717, 1.165) is 32.6 Å². The molecule has 7 heteroatoms. The van der Waals surface area contributed by atoms with E-state index in [-0.39, 0.29) is 5.91 Å². The normalized spacial score (nSPS) is 19.3. The Balaban J connectivity index is 1.71. The van der Waals surface area contributed by atoms with Crippen LogP contribution in [0, 0.1) is 6.92 Å². The minimum absolute atomic E-state index is 0.0713. The van der Waals surface area contributed by atoms with Gasteiger partial charge in [0, 0.05) is 18.0 Å². The molecule has 1 saturated heterocycles. The Hall–Kier alpha value is -1.96. The van der Waals surface area contributed by atoms with Crippen molar-refractivity contribution in [2.24, 2.45) is 0 Å². The SMILES string of the molecule is COc1ccc2c(c1)N(C)/C(=C1/SC(=S)N(c3ccc(C)cc3)C1=O)S2. The zero-order chi connectivity index (χ0) is 18.4. The molecule has 0 atom stereocenters. The highest BCUT2D eigenvalue weighted by Gasteiger charge is 2.39. The summed E-state index contributed by atoms with van der Waals surface area (Å²) >= 11 is 8.44. The first-order chi connectivity index (χ1) is 12.5. The molecule has 0 radical (unpaired) electrons. The molecule has 0 N–H and O–H groups in total. The fraction of sp³-hybridized carbons (Fsp3) is 0.158. The van der Waals surface area contributed by atoms with Crippen LogP contribution < -0.4 is 14.5 Å². The average Bonchev–Trinajstić information content (AvgIpc) is 3.12. The second-order valence-electron chi connectivity index (χ2n) is 5.97. The fourth-order valence-corrected chi connectivity index (χ4v) is 5.47. The van der Waals surface area contributed by atoms with Crippen molar-refractivity contribution < 1.29 is 9.53 Å². The summed E-state index contributed by atoms with van der Waals surface area (Å²) in [4.78, 5) is 18.5. The molecular formula is C19H16N2O2S3. The van der Waals surface area contributed by atoms with E-state index in [4.69, 9.17) is 17.0 Å². The number of anilines is 2. The van der Waals surface area contributed by atoms with Crippen LogP contribution in [0.25, 0.3) is 0 Å². The van der Waals surface area contributed by atoms with Crippen LogP contribution in [0.4, 0.5) is 11.4 Å². The first-order valence-electron chi connectivity index (χ1n) is 7.96. The highest BCUT2D eigenvalue weighted by molar-refractivity contribution is 8.27. The van der Waals surface area contributed by atoms with Gasteiger partial charge in [0.1, 0.15) is 10.7 Å². The largest absolute Gasteiger partial charge is 0.497 e. The second kappa shape index (κ2) is 6.64.